The Labute approximate surface area is 224 Å². The van der Waals surface area contributed by atoms with E-state index in [1.807, 2.05) is 6.92 Å². The standard InChI is InChI=1S/C31H62O5/c1-5-8-11-14-18-30(19-15-12-9-6-2)20-16-21-33-22-23-34-24-25-35-26-27-36-28-31(32)29(4)17-13-10-7-3/h29-30H,5-28H2,1-4H3. The quantitative estimate of drug-likeness (QED) is 0.0905. The molecule has 0 fully saturated rings. The van der Waals surface area contributed by atoms with Crippen LogP contribution in [0.5, 0.6) is 0 Å². The average molecular weight is 515 g/mol. The van der Waals surface area contributed by atoms with Crippen molar-refractivity contribution in [3.8, 4) is 0 Å². The van der Waals surface area contributed by atoms with Crippen LogP contribution in [0.1, 0.15) is 130 Å². The minimum Gasteiger partial charge on any atom is -0.379 e. The number of carbonyl (C=O) groups excluding carboxylic acids is 1. The molecule has 0 radical (unpaired) electrons. The molecule has 0 aromatic carbocycles. The maximum Gasteiger partial charge on any atom is 0.161 e. The van der Waals surface area contributed by atoms with E-state index in [2.05, 4.69) is 20.8 Å². The zero-order valence-electron chi connectivity index (χ0n) is 24.7. The maximum absolute atomic E-state index is 12.0. The van der Waals surface area contributed by atoms with Crippen LogP contribution in [0.15, 0.2) is 0 Å². The third-order valence-corrected chi connectivity index (χ3v) is 6.98. The van der Waals surface area contributed by atoms with Gasteiger partial charge in [0, 0.05) is 12.5 Å². The molecule has 1 unspecified atom stereocenters. The normalized spacial score (nSPS) is 12.5. The van der Waals surface area contributed by atoms with Gasteiger partial charge < -0.3 is 18.9 Å². The lowest BCUT2D eigenvalue weighted by Gasteiger charge is -2.17. The number of rotatable bonds is 30. The molecule has 1 atom stereocenters. The van der Waals surface area contributed by atoms with Crippen LogP contribution < -0.4 is 0 Å². The lowest BCUT2D eigenvalue weighted by atomic mass is 9.91. The van der Waals surface area contributed by atoms with Crippen LogP contribution in [0.3, 0.4) is 0 Å². The fourth-order valence-electron chi connectivity index (χ4n) is 4.46. The summed E-state index contributed by atoms with van der Waals surface area (Å²) in [5, 5.41) is 0. The van der Waals surface area contributed by atoms with Crippen molar-refractivity contribution in [3.63, 3.8) is 0 Å². The Kier molecular flexibility index (Phi) is 28.7. The van der Waals surface area contributed by atoms with Crippen molar-refractivity contribution in [3.05, 3.63) is 0 Å². The van der Waals surface area contributed by atoms with Gasteiger partial charge in [-0.3, -0.25) is 4.79 Å². The summed E-state index contributed by atoms with van der Waals surface area (Å²) in [4.78, 5) is 12.0. The van der Waals surface area contributed by atoms with Gasteiger partial charge >= 0.3 is 0 Å². The van der Waals surface area contributed by atoms with Crippen molar-refractivity contribution in [1.29, 1.82) is 0 Å². The number of hydrogen-bond donors (Lipinski definition) is 0. The summed E-state index contributed by atoms with van der Waals surface area (Å²) in [6, 6.07) is 0. The Balaban J connectivity index is 3.53. The van der Waals surface area contributed by atoms with Crippen LogP contribution in [0.4, 0.5) is 0 Å². The van der Waals surface area contributed by atoms with E-state index in [-0.39, 0.29) is 18.3 Å². The van der Waals surface area contributed by atoms with Crippen LogP contribution in [0, 0.1) is 11.8 Å². The maximum atomic E-state index is 12.0. The van der Waals surface area contributed by atoms with Crippen LogP contribution in [-0.4, -0.2) is 58.6 Å². The number of hydrogen-bond acceptors (Lipinski definition) is 5. The van der Waals surface area contributed by atoms with E-state index in [1.165, 1.54) is 83.5 Å². The van der Waals surface area contributed by atoms with E-state index in [4.69, 9.17) is 18.9 Å². The van der Waals surface area contributed by atoms with Crippen molar-refractivity contribution in [1.82, 2.24) is 0 Å². The predicted molar refractivity (Wildman–Crippen MR) is 152 cm³/mol. The van der Waals surface area contributed by atoms with Gasteiger partial charge in [0.15, 0.2) is 5.78 Å². The van der Waals surface area contributed by atoms with Gasteiger partial charge in [0.25, 0.3) is 0 Å². The molecule has 0 aromatic heterocycles. The molecule has 0 aromatic rings. The van der Waals surface area contributed by atoms with Gasteiger partial charge in [-0.1, -0.05) is 111 Å². The molecule has 0 N–H and O–H groups in total. The van der Waals surface area contributed by atoms with Crippen LogP contribution in [-0.2, 0) is 23.7 Å². The van der Waals surface area contributed by atoms with E-state index in [0.717, 1.165) is 31.8 Å². The first-order valence-corrected chi connectivity index (χ1v) is 15.5. The second-order valence-corrected chi connectivity index (χ2v) is 10.5. The summed E-state index contributed by atoms with van der Waals surface area (Å²) in [5.41, 5.74) is 0. The van der Waals surface area contributed by atoms with Gasteiger partial charge in [0.1, 0.15) is 6.61 Å². The average Bonchev–Trinajstić information content (AvgIpc) is 2.88. The highest BCUT2D eigenvalue weighted by atomic mass is 16.6. The zero-order valence-corrected chi connectivity index (χ0v) is 24.7. The SMILES string of the molecule is CCCCCCC(CCCCCC)CCCOCCOCCOCCOCC(=O)C(C)CCCCC. The van der Waals surface area contributed by atoms with Crippen molar-refractivity contribution < 1.29 is 23.7 Å². The minimum atomic E-state index is 0.0978. The van der Waals surface area contributed by atoms with E-state index in [9.17, 15) is 4.79 Å². The molecule has 0 spiro atoms. The summed E-state index contributed by atoms with van der Waals surface area (Å²) >= 11 is 0. The molecule has 36 heavy (non-hydrogen) atoms. The molecule has 5 heteroatoms. The summed E-state index contributed by atoms with van der Waals surface area (Å²) in [6.07, 6.45) is 20.7. The molecule has 0 saturated heterocycles. The van der Waals surface area contributed by atoms with Gasteiger partial charge in [-0.2, -0.15) is 0 Å². The molecule has 5 nitrogen and oxygen atoms in total. The predicted octanol–water partition coefficient (Wildman–Crippen LogP) is 8.18. The van der Waals surface area contributed by atoms with E-state index < -0.39 is 0 Å². The minimum absolute atomic E-state index is 0.0978. The van der Waals surface area contributed by atoms with Gasteiger partial charge in [-0.25, -0.2) is 0 Å². The first-order valence-electron chi connectivity index (χ1n) is 15.5. The molecule has 0 heterocycles. The Morgan fingerprint density at radius 2 is 0.917 bits per heavy atom. The van der Waals surface area contributed by atoms with Crippen LogP contribution in [0.2, 0.25) is 0 Å². The van der Waals surface area contributed by atoms with Gasteiger partial charge in [-0.15, -0.1) is 0 Å². The number of unbranched alkanes of at least 4 members (excludes halogenated alkanes) is 8. The fraction of sp³-hybridized carbons (Fsp3) is 0.968. The Bertz CT molecular complexity index is 431. The third kappa shape index (κ3) is 25.2. The molecule has 0 aliphatic heterocycles. The highest BCUT2D eigenvalue weighted by Gasteiger charge is 2.12. The second kappa shape index (κ2) is 29.1. The first kappa shape index (κ1) is 35.5. The topological polar surface area (TPSA) is 54.0 Å². The molecule has 0 aliphatic carbocycles. The molecular formula is C31H62O5. The lowest BCUT2D eigenvalue weighted by Crippen LogP contribution is -2.19. The van der Waals surface area contributed by atoms with Crippen molar-refractivity contribution in [2.24, 2.45) is 11.8 Å². The third-order valence-electron chi connectivity index (χ3n) is 6.98. The van der Waals surface area contributed by atoms with Crippen molar-refractivity contribution in [2.45, 2.75) is 130 Å². The molecule has 0 amide bonds. The van der Waals surface area contributed by atoms with Crippen molar-refractivity contribution in [2.75, 3.05) is 52.9 Å². The number of ketones is 1. The molecule has 0 saturated carbocycles. The second-order valence-electron chi connectivity index (χ2n) is 10.5. The molecule has 0 bridgehead atoms. The summed E-state index contributed by atoms with van der Waals surface area (Å²) in [6.45, 7) is 13.1. The fourth-order valence-corrected chi connectivity index (χ4v) is 4.46. The Morgan fingerprint density at radius 3 is 1.44 bits per heavy atom. The molecule has 0 aliphatic rings. The van der Waals surface area contributed by atoms with E-state index in [1.54, 1.807) is 0 Å². The highest BCUT2D eigenvalue weighted by molar-refractivity contribution is 5.81. The van der Waals surface area contributed by atoms with E-state index in [0.29, 0.717) is 39.6 Å². The van der Waals surface area contributed by atoms with Crippen LogP contribution in [0.25, 0.3) is 0 Å². The molecule has 216 valence electrons. The van der Waals surface area contributed by atoms with Gasteiger partial charge in [-0.05, 0) is 25.2 Å². The van der Waals surface area contributed by atoms with Gasteiger partial charge in [0.2, 0.25) is 0 Å². The smallest absolute Gasteiger partial charge is 0.161 e. The molecule has 0 rings (SSSR count). The first-order chi connectivity index (χ1) is 17.7. The summed E-state index contributed by atoms with van der Waals surface area (Å²) in [7, 11) is 0. The Hall–Kier alpha value is -0.490. The number of Topliss-reactive ketones (excluding diaryl/α,β-unsaturated/α-hetero) is 1. The largest absolute Gasteiger partial charge is 0.379 e. The monoisotopic (exact) mass is 514 g/mol. The summed E-state index contributed by atoms with van der Waals surface area (Å²) < 4.78 is 22.3. The van der Waals surface area contributed by atoms with Gasteiger partial charge in [0.05, 0.1) is 39.6 Å². The Morgan fingerprint density at radius 1 is 0.500 bits per heavy atom. The number of carbonyl (C=O) groups is 1. The van der Waals surface area contributed by atoms with Crippen molar-refractivity contribution >= 4 is 5.78 Å². The molecular weight excluding hydrogens is 452 g/mol. The zero-order chi connectivity index (χ0) is 26.5. The highest BCUT2D eigenvalue weighted by Crippen LogP contribution is 2.23. The lowest BCUT2D eigenvalue weighted by molar-refractivity contribution is -0.127. The van der Waals surface area contributed by atoms with Crippen LogP contribution >= 0.6 is 0 Å². The number of ether oxygens (including phenoxy) is 4. The van der Waals surface area contributed by atoms with E-state index >= 15 is 0 Å². The summed E-state index contributed by atoms with van der Waals surface area (Å²) in [5.74, 6) is 1.18.